The molecule has 0 aliphatic carbocycles. The van der Waals surface area contributed by atoms with Crippen LogP contribution in [0.2, 0.25) is 0 Å². The molecule has 0 saturated carbocycles. The van der Waals surface area contributed by atoms with Gasteiger partial charge >= 0.3 is 12.8 Å². The first-order chi connectivity index (χ1) is 11.7. The van der Waals surface area contributed by atoms with Crippen molar-refractivity contribution in [3.63, 3.8) is 0 Å². The SMILES string of the molecule is C[C@H](C(=O)Nc1ccc(OC(F)F)cc1)N1CCC[C@H](C(F)(F)F)C1. The zero-order chi connectivity index (χ0) is 18.6. The molecule has 1 fully saturated rings. The molecule has 1 heterocycles. The van der Waals surface area contributed by atoms with Crippen LogP contribution in [0.5, 0.6) is 5.75 Å². The lowest BCUT2D eigenvalue weighted by Gasteiger charge is -2.36. The second kappa shape index (κ2) is 7.99. The predicted molar refractivity (Wildman–Crippen MR) is 81.5 cm³/mol. The van der Waals surface area contributed by atoms with Crippen molar-refractivity contribution in [2.24, 2.45) is 5.92 Å². The molecule has 1 aliphatic rings. The molecule has 0 bridgehead atoms. The molecule has 2 rings (SSSR count). The zero-order valence-electron chi connectivity index (χ0n) is 13.5. The maximum atomic E-state index is 12.9. The molecule has 0 radical (unpaired) electrons. The van der Waals surface area contributed by atoms with Crippen molar-refractivity contribution in [3.05, 3.63) is 24.3 Å². The third-order valence-corrected chi connectivity index (χ3v) is 4.19. The van der Waals surface area contributed by atoms with Crippen LogP contribution in [0.4, 0.5) is 27.6 Å². The summed E-state index contributed by atoms with van der Waals surface area (Å²) in [5.41, 5.74) is 0.350. The van der Waals surface area contributed by atoms with Crippen LogP contribution >= 0.6 is 0 Å². The molecule has 1 N–H and O–H groups in total. The maximum absolute atomic E-state index is 12.9. The molecule has 0 spiro atoms. The normalized spacial score (nSPS) is 20.4. The van der Waals surface area contributed by atoms with Gasteiger partial charge in [0, 0.05) is 12.2 Å². The molecule has 1 saturated heterocycles. The fourth-order valence-corrected chi connectivity index (χ4v) is 2.76. The fourth-order valence-electron chi connectivity index (χ4n) is 2.76. The van der Waals surface area contributed by atoms with E-state index in [1.165, 1.54) is 29.2 Å². The lowest BCUT2D eigenvalue weighted by atomic mass is 9.96. The van der Waals surface area contributed by atoms with Gasteiger partial charge in [-0.15, -0.1) is 0 Å². The van der Waals surface area contributed by atoms with Crippen molar-refractivity contribution in [1.29, 1.82) is 0 Å². The summed E-state index contributed by atoms with van der Waals surface area (Å²) < 4.78 is 66.9. The van der Waals surface area contributed by atoms with Crippen LogP contribution in [-0.4, -0.2) is 42.7 Å². The Morgan fingerprint density at radius 2 is 1.92 bits per heavy atom. The van der Waals surface area contributed by atoms with Crippen LogP contribution < -0.4 is 10.1 Å². The molecular weight excluding hydrogens is 347 g/mol. The zero-order valence-corrected chi connectivity index (χ0v) is 13.5. The van der Waals surface area contributed by atoms with Crippen LogP contribution in [0, 0.1) is 5.92 Å². The smallest absolute Gasteiger partial charge is 0.393 e. The van der Waals surface area contributed by atoms with Crippen molar-refractivity contribution >= 4 is 11.6 Å². The van der Waals surface area contributed by atoms with E-state index in [1.807, 2.05) is 0 Å². The number of halogens is 5. The molecule has 1 aromatic rings. The highest BCUT2D eigenvalue weighted by Gasteiger charge is 2.43. The Balaban J connectivity index is 1.93. The van der Waals surface area contributed by atoms with Gasteiger partial charge in [-0.25, -0.2) is 0 Å². The van der Waals surface area contributed by atoms with Gasteiger partial charge in [0.2, 0.25) is 5.91 Å². The van der Waals surface area contributed by atoms with Crippen LogP contribution in [0.15, 0.2) is 24.3 Å². The third-order valence-electron chi connectivity index (χ3n) is 4.19. The van der Waals surface area contributed by atoms with Crippen molar-refractivity contribution in [2.45, 2.75) is 38.6 Å². The monoisotopic (exact) mass is 366 g/mol. The molecule has 2 atom stereocenters. The summed E-state index contributed by atoms with van der Waals surface area (Å²) in [6.07, 6.45) is -3.82. The number of benzene rings is 1. The number of carbonyl (C=O) groups excluding carboxylic acids is 1. The van der Waals surface area contributed by atoms with Crippen LogP contribution in [0.25, 0.3) is 0 Å². The number of hydrogen-bond acceptors (Lipinski definition) is 3. The summed E-state index contributed by atoms with van der Waals surface area (Å²) in [4.78, 5) is 13.8. The largest absolute Gasteiger partial charge is 0.435 e. The molecule has 0 unspecified atom stereocenters. The summed E-state index contributed by atoms with van der Waals surface area (Å²) in [6, 6.07) is 4.58. The van der Waals surface area contributed by atoms with Crippen molar-refractivity contribution < 1.29 is 31.5 Å². The van der Waals surface area contributed by atoms with Gasteiger partial charge in [0.25, 0.3) is 0 Å². The first kappa shape index (κ1) is 19.4. The second-order valence-corrected chi connectivity index (χ2v) is 5.94. The van der Waals surface area contributed by atoms with E-state index < -0.39 is 30.7 Å². The van der Waals surface area contributed by atoms with Gasteiger partial charge in [0.1, 0.15) is 5.75 Å². The molecule has 4 nitrogen and oxygen atoms in total. The lowest BCUT2D eigenvalue weighted by molar-refractivity contribution is -0.188. The number of hydrogen-bond donors (Lipinski definition) is 1. The summed E-state index contributed by atoms with van der Waals surface area (Å²) in [7, 11) is 0. The minimum absolute atomic E-state index is 0.0508. The topological polar surface area (TPSA) is 41.6 Å². The van der Waals surface area contributed by atoms with E-state index in [1.54, 1.807) is 6.92 Å². The van der Waals surface area contributed by atoms with E-state index in [-0.39, 0.29) is 18.7 Å². The number of alkyl halides is 5. The van der Waals surface area contributed by atoms with E-state index in [9.17, 15) is 26.7 Å². The van der Waals surface area contributed by atoms with Gasteiger partial charge in [-0.05, 0) is 50.6 Å². The summed E-state index contributed by atoms with van der Waals surface area (Å²) in [6.45, 7) is -1.19. The highest BCUT2D eigenvalue weighted by atomic mass is 19.4. The Morgan fingerprint density at radius 1 is 1.28 bits per heavy atom. The number of ether oxygens (including phenoxy) is 1. The number of rotatable bonds is 5. The quantitative estimate of drug-likeness (QED) is 0.804. The highest BCUT2D eigenvalue weighted by molar-refractivity contribution is 5.94. The number of piperidine rings is 1. The average Bonchev–Trinajstić information content (AvgIpc) is 2.55. The number of nitrogens with one attached hydrogen (secondary N) is 1. The first-order valence-electron chi connectivity index (χ1n) is 7.83. The Morgan fingerprint density at radius 3 is 2.48 bits per heavy atom. The Hall–Kier alpha value is -1.90. The van der Waals surface area contributed by atoms with Crippen molar-refractivity contribution in [1.82, 2.24) is 4.90 Å². The molecular formula is C16H19F5N2O2. The number of likely N-dealkylation sites (tertiary alicyclic amines) is 1. The minimum Gasteiger partial charge on any atom is -0.435 e. The Kier molecular flexibility index (Phi) is 6.21. The third kappa shape index (κ3) is 5.55. The molecule has 25 heavy (non-hydrogen) atoms. The van der Waals surface area contributed by atoms with Gasteiger partial charge in [-0.3, -0.25) is 9.69 Å². The van der Waals surface area contributed by atoms with Crippen LogP contribution in [0.1, 0.15) is 19.8 Å². The highest BCUT2D eigenvalue weighted by Crippen LogP contribution is 2.33. The van der Waals surface area contributed by atoms with E-state index >= 15 is 0 Å². The number of amides is 1. The van der Waals surface area contributed by atoms with Gasteiger partial charge in [-0.2, -0.15) is 22.0 Å². The van der Waals surface area contributed by atoms with E-state index in [4.69, 9.17) is 0 Å². The molecule has 140 valence electrons. The fraction of sp³-hybridized carbons (Fsp3) is 0.562. The number of anilines is 1. The molecule has 1 amide bonds. The molecule has 9 heteroatoms. The Bertz CT molecular complexity index is 577. The lowest BCUT2D eigenvalue weighted by Crippen LogP contribution is -2.49. The minimum atomic E-state index is -4.27. The van der Waals surface area contributed by atoms with Gasteiger partial charge in [-0.1, -0.05) is 0 Å². The van der Waals surface area contributed by atoms with E-state index in [0.29, 0.717) is 18.7 Å². The summed E-state index contributed by atoms with van der Waals surface area (Å²) in [5.74, 6) is -1.93. The predicted octanol–water partition coefficient (Wildman–Crippen LogP) is 3.89. The molecule has 1 aromatic carbocycles. The van der Waals surface area contributed by atoms with Gasteiger partial charge in [0.05, 0.1) is 12.0 Å². The van der Waals surface area contributed by atoms with Gasteiger partial charge < -0.3 is 10.1 Å². The van der Waals surface area contributed by atoms with Gasteiger partial charge in [0.15, 0.2) is 0 Å². The summed E-state index contributed by atoms with van der Waals surface area (Å²) in [5, 5.41) is 2.57. The average molecular weight is 366 g/mol. The standard InChI is InChI=1S/C16H19F5N2O2/c1-10(23-8-2-3-11(9-23)16(19,20)21)14(24)22-12-4-6-13(7-5-12)25-15(17)18/h4-7,10-11,15H,2-3,8-9H2,1H3,(H,22,24)/t10-,11+/m1/s1. The van der Waals surface area contributed by atoms with Crippen molar-refractivity contribution in [3.8, 4) is 5.75 Å². The first-order valence-corrected chi connectivity index (χ1v) is 7.83. The van der Waals surface area contributed by atoms with E-state index in [0.717, 1.165) is 0 Å². The van der Waals surface area contributed by atoms with Crippen LogP contribution in [0.3, 0.4) is 0 Å². The Labute approximate surface area is 141 Å². The number of nitrogens with zero attached hydrogens (tertiary/aromatic N) is 1. The van der Waals surface area contributed by atoms with E-state index in [2.05, 4.69) is 10.1 Å². The van der Waals surface area contributed by atoms with Crippen LogP contribution in [-0.2, 0) is 4.79 Å². The van der Waals surface area contributed by atoms with Crippen molar-refractivity contribution in [2.75, 3.05) is 18.4 Å². The molecule has 0 aromatic heterocycles. The molecule has 1 aliphatic heterocycles. The summed E-state index contributed by atoms with van der Waals surface area (Å²) >= 11 is 0. The maximum Gasteiger partial charge on any atom is 0.393 e. The number of carbonyl (C=O) groups is 1. The second-order valence-electron chi connectivity index (χ2n) is 5.94.